The highest BCUT2D eigenvalue weighted by Crippen LogP contribution is 2.23. The number of rotatable bonds is 5. The molecule has 2 N–H and O–H groups in total. The molecule has 2 rings (SSSR count). The third-order valence-corrected chi connectivity index (χ3v) is 2.82. The molecule has 1 aromatic heterocycles. The highest BCUT2D eigenvalue weighted by atomic mass is 16.5. The summed E-state index contributed by atoms with van der Waals surface area (Å²) in [6, 6.07) is 10.5. The van der Waals surface area contributed by atoms with E-state index in [0.29, 0.717) is 18.0 Å². The molecule has 1 aromatic carbocycles. The third kappa shape index (κ3) is 4.31. The van der Waals surface area contributed by atoms with Crippen LogP contribution in [0.1, 0.15) is 12.5 Å². The Bertz CT molecular complexity index is 644. The lowest BCUT2D eigenvalue weighted by molar-refractivity contribution is -0.136. The molecule has 2 aromatic rings. The van der Waals surface area contributed by atoms with E-state index < -0.39 is 11.8 Å². The van der Waals surface area contributed by atoms with Crippen LogP contribution in [0.3, 0.4) is 0 Å². The zero-order valence-corrected chi connectivity index (χ0v) is 12.2. The summed E-state index contributed by atoms with van der Waals surface area (Å²) in [6.45, 7) is 2.56. The Morgan fingerprint density at radius 3 is 2.68 bits per heavy atom. The molecule has 0 fully saturated rings. The lowest BCUT2D eigenvalue weighted by Crippen LogP contribution is -2.35. The Kier molecular flexibility index (Phi) is 5.48. The number of carbonyl (C=O) groups is 2. The Morgan fingerprint density at radius 2 is 1.95 bits per heavy atom. The Morgan fingerprint density at radius 1 is 1.14 bits per heavy atom. The van der Waals surface area contributed by atoms with E-state index in [1.807, 2.05) is 13.0 Å². The summed E-state index contributed by atoms with van der Waals surface area (Å²) in [5.74, 6) is -0.926. The summed E-state index contributed by atoms with van der Waals surface area (Å²) in [7, 11) is 0. The SMILES string of the molecule is CCOc1ccccc1NC(=O)C(=O)NCc1cccnc1. The van der Waals surface area contributed by atoms with Crippen LogP contribution in [-0.4, -0.2) is 23.4 Å². The van der Waals surface area contributed by atoms with Crippen LogP contribution < -0.4 is 15.4 Å². The van der Waals surface area contributed by atoms with Crippen LogP contribution in [0.4, 0.5) is 5.69 Å². The zero-order chi connectivity index (χ0) is 15.8. The summed E-state index contributed by atoms with van der Waals surface area (Å²) < 4.78 is 5.39. The maximum Gasteiger partial charge on any atom is 0.313 e. The molecular weight excluding hydrogens is 282 g/mol. The number of ether oxygens (including phenoxy) is 1. The number of hydrogen-bond acceptors (Lipinski definition) is 4. The fourth-order valence-corrected chi connectivity index (χ4v) is 1.80. The van der Waals surface area contributed by atoms with Gasteiger partial charge in [0.25, 0.3) is 0 Å². The maximum absolute atomic E-state index is 11.9. The van der Waals surface area contributed by atoms with Crippen LogP contribution in [0.15, 0.2) is 48.8 Å². The van der Waals surface area contributed by atoms with Crippen molar-refractivity contribution in [3.8, 4) is 5.75 Å². The highest BCUT2D eigenvalue weighted by molar-refractivity contribution is 6.39. The minimum absolute atomic E-state index is 0.243. The molecule has 0 aliphatic heterocycles. The molecule has 0 unspecified atom stereocenters. The zero-order valence-electron chi connectivity index (χ0n) is 12.2. The van der Waals surface area contributed by atoms with E-state index >= 15 is 0 Å². The number of amides is 2. The molecule has 6 heteroatoms. The van der Waals surface area contributed by atoms with Crippen molar-refractivity contribution in [3.63, 3.8) is 0 Å². The van der Waals surface area contributed by atoms with Gasteiger partial charge < -0.3 is 15.4 Å². The largest absolute Gasteiger partial charge is 0.492 e. The van der Waals surface area contributed by atoms with Crippen molar-refractivity contribution >= 4 is 17.5 Å². The van der Waals surface area contributed by atoms with Gasteiger partial charge in [-0.05, 0) is 30.7 Å². The molecule has 114 valence electrons. The molecule has 0 radical (unpaired) electrons. The predicted octanol–water partition coefficient (Wildman–Crippen LogP) is 1.74. The standard InChI is InChI=1S/C16H17N3O3/c1-2-22-14-8-4-3-7-13(14)19-16(21)15(20)18-11-12-6-5-9-17-10-12/h3-10H,2,11H2,1H3,(H,18,20)(H,19,21). The molecule has 0 spiro atoms. The molecule has 0 aliphatic carbocycles. The lowest BCUT2D eigenvalue weighted by atomic mass is 10.2. The van der Waals surface area contributed by atoms with E-state index in [2.05, 4.69) is 15.6 Å². The second-order valence-corrected chi connectivity index (χ2v) is 4.43. The second-order valence-electron chi connectivity index (χ2n) is 4.43. The van der Waals surface area contributed by atoms with Gasteiger partial charge in [-0.2, -0.15) is 0 Å². The number of para-hydroxylation sites is 2. The molecule has 0 saturated carbocycles. The molecule has 22 heavy (non-hydrogen) atoms. The molecule has 6 nitrogen and oxygen atoms in total. The summed E-state index contributed by atoms with van der Waals surface area (Å²) in [5.41, 5.74) is 1.28. The maximum atomic E-state index is 11.9. The first-order valence-corrected chi connectivity index (χ1v) is 6.90. The van der Waals surface area contributed by atoms with Crippen LogP contribution >= 0.6 is 0 Å². The molecule has 1 heterocycles. The van der Waals surface area contributed by atoms with Gasteiger partial charge in [-0.3, -0.25) is 14.6 Å². The topological polar surface area (TPSA) is 80.3 Å². The van der Waals surface area contributed by atoms with Gasteiger partial charge in [-0.1, -0.05) is 18.2 Å². The van der Waals surface area contributed by atoms with Crippen molar-refractivity contribution in [3.05, 3.63) is 54.4 Å². The average molecular weight is 299 g/mol. The van der Waals surface area contributed by atoms with Crippen molar-refractivity contribution in [2.24, 2.45) is 0 Å². The average Bonchev–Trinajstić information content (AvgIpc) is 2.55. The van der Waals surface area contributed by atoms with Crippen molar-refractivity contribution in [2.45, 2.75) is 13.5 Å². The van der Waals surface area contributed by atoms with Crippen LogP contribution in [0, 0.1) is 0 Å². The number of anilines is 1. The van der Waals surface area contributed by atoms with E-state index in [1.54, 1.807) is 42.7 Å². The van der Waals surface area contributed by atoms with Gasteiger partial charge in [-0.25, -0.2) is 0 Å². The monoisotopic (exact) mass is 299 g/mol. The van der Waals surface area contributed by atoms with Crippen molar-refractivity contribution in [1.29, 1.82) is 0 Å². The quantitative estimate of drug-likeness (QED) is 0.824. The van der Waals surface area contributed by atoms with E-state index in [-0.39, 0.29) is 6.54 Å². The summed E-state index contributed by atoms with van der Waals surface area (Å²) in [4.78, 5) is 27.6. The van der Waals surface area contributed by atoms with E-state index in [4.69, 9.17) is 4.74 Å². The first kappa shape index (κ1) is 15.5. The van der Waals surface area contributed by atoms with Crippen LogP contribution in [-0.2, 0) is 16.1 Å². The highest BCUT2D eigenvalue weighted by Gasteiger charge is 2.15. The van der Waals surface area contributed by atoms with E-state index in [1.165, 1.54) is 0 Å². The lowest BCUT2D eigenvalue weighted by Gasteiger charge is -2.11. The van der Waals surface area contributed by atoms with Gasteiger partial charge in [0.1, 0.15) is 5.75 Å². The first-order chi connectivity index (χ1) is 10.7. The normalized spacial score (nSPS) is 9.86. The number of pyridine rings is 1. The van der Waals surface area contributed by atoms with Crippen molar-refractivity contribution in [1.82, 2.24) is 10.3 Å². The van der Waals surface area contributed by atoms with Crippen LogP contribution in [0.5, 0.6) is 5.75 Å². The number of nitrogens with one attached hydrogen (secondary N) is 2. The molecule has 0 aliphatic rings. The summed E-state index contributed by atoms with van der Waals surface area (Å²) in [5, 5.41) is 5.08. The van der Waals surface area contributed by atoms with E-state index in [0.717, 1.165) is 5.56 Å². The number of benzene rings is 1. The molecular formula is C16H17N3O3. The van der Waals surface area contributed by atoms with Gasteiger partial charge in [-0.15, -0.1) is 0 Å². The predicted molar refractivity (Wildman–Crippen MR) is 82.3 cm³/mol. The van der Waals surface area contributed by atoms with Crippen LogP contribution in [0.25, 0.3) is 0 Å². The van der Waals surface area contributed by atoms with Gasteiger partial charge >= 0.3 is 11.8 Å². The van der Waals surface area contributed by atoms with Gasteiger partial charge in [0, 0.05) is 18.9 Å². The summed E-state index contributed by atoms with van der Waals surface area (Å²) >= 11 is 0. The van der Waals surface area contributed by atoms with Gasteiger partial charge in [0.15, 0.2) is 0 Å². The molecule has 0 bridgehead atoms. The fraction of sp³-hybridized carbons (Fsp3) is 0.188. The van der Waals surface area contributed by atoms with Gasteiger partial charge in [0.05, 0.1) is 12.3 Å². The Balaban J connectivity index is 1.93. The molecule has 0 atom stereocenters. The number of nitrogens with zero attached hydrogens (tertiary/aromatic N) is 1. The van der Waals surface area contributed by atoms with Crippen molar-refractivity contribution < 1.29 is 14.3 Å². The van der Waals surface area contributed by atoms with Crippen LogP contribution in [0.2, 0.25) is 0 Å². The third-order valence-electron chi connectivity index (χ3n) is 2.82. The van der Waals surface area contributed by atoms with E-state index in [9.17, 15) is 9.59 Å². The second kappa shape index (κ2) is 7.78. The smallest absolute Gasteiger partial charge is 0.313 e. The fourth-order valence-electron chi connectivity index (χ4n) is 1.80. The summed E-state index contributed by atoms with van der Waals surface area (Å²) in [6.07, 6.45) is 3.27. The molecule has 2 amide bonds. The number of aromatic nitrogens is 1. The van der Waals surface area contributed by atoms with Crippen molar-refractivity contribution in [2.75, 3.05) is 11.9 Å². The first-order valence-electron chi connectivity index (χ1n) is 6.90. The number of hydrogen-bond donors (Lipinski definition) is 2. The van der Waals surface area contributed by atoms with Gasteiger partial charge in [0.2, 0.25) is 0 Å². The number of carbonyl (C=O) groups excluding carboxylic acids is 2. The Hall–Kier alpha value is -2.89. The Labute approximate surface area is 128 Å². The minimum Gasteiger partial charge on any atom is -0.492 e. The minimum atomic E-state index is -0.740. The molecule has 0 saturated heterocycles.